The summed E-state index contributed by atoms with van der Waals surface area (Å²) in [7, 11) is 0. The second-order valence-electron chi connectivity index (χ2n) is 9.05. The van der Waals surface area contributed by atoms with Crippen LogP contribution in [0.3, 0.4) is 0 Å². The number of ether oxygens (including phenoxy) is 1. The number of thiol groups is 1. The quantitative estimate of drug-likeness (QED) is 0.255. The highest BCUT2D eigenvalue weighted by Gasteiger charge is 2.60. The Morgan fingerprint density at radius 2 is 2.00 bits per heavy atom. The Hall–Kier alpha value is 0.510. The van der Waals surface area contributed by atoms with E-state index in [2.05, 4.69) is 49.1 Å². The molecule has 24 heavy (non-hydrogen) atoms. The lowest BCUT2D eigenvalue weighted by Gasteiger charge is -2.61. The molecule has 140 valence electrons. The van der Waals surface area contributed by atoms with Gasteiger partial charge in [0.25, 0.3) is 0 Å². The van der Waals surface area contributed by atoms with Crippen molar-refractivity contribution in [2.75, 3.05) is 10.2 Å². The third-order valence-corrected chi connectivity index (χ3v) is 8.50. The van der Waals surface area contributed by atoms with Gasteiger partial charge in [0, 0.05) is 21.0 Å². The monoisotopic (exact) mass is 468 g/mol. The summed E-state index contributed by atoms with van der Waals surface area (Å²) in [5.74, 6) is 0.989. The highest BCUT2D eigenvalue weighted by molar-refractivity contribution is 14.1. The SMILES string of the molecule is CC(C)(O)C1(CI)CC2CCCC(C(C)(C)OC(=O)CCS)(C2)C1. The molecule has 2 rings (SSSR count). The number of rotatable bonds is 6. The minimum absolute atomic E-state index is 0.0361. The van der Waals surface area contributed by atoms with Crippen LogP contribution in [0.2, 0.25) is 0 Å². The molecular weight excluding hydrogens is 435 g/mol. The van der Waals surface area contributed by atoms with Crippen LogP contribution in [-0.4, -0.2) is 32.5 Å². The van der Waals surface area contributed by atoms with Gasteiger partial charge in [-0.3, -0.25) is 4.79 Å². The Bertz CT molecular complexity index is 474. The van der Waals surface area contributed by atoms with Crippen LogP contribution in [0.5, 0.6) is 0 Å². The summed E-state index contributed by atoms with van der Waals surface area (Å²) >= 11 is 6.59. The van der Waals surface area contributed by atoms with Crippen LogP contribution < -0.4 is 0 Å². The first kappa shape index (κ1) is 20.8. The molecule has 2 bridgehead atoms. The van der Waals surface area contributed by atoms with Crippen molar-refractivity contribution in [3.05, 3.63) is 0 Å². The minimum Gasteiger partial charge on any atom is -0.459 e. The number of alkyl halides is 1. The van der Waals surface area contributed by atoms with Gasteiger partial charge in [-0.1, -0.05) is 35.4 Å². The molecule has 0 saturated heterocycles. The fraction of sp³-hybridized carbons (Fsp3) is 0.947. The smallest absolute Gasteiger partial charge is 0.307 e. The van der Waals surface area contributed by atoms with E-state index in [9.17, 15) is 9.90 Å². The summed E-state index contributed by atoms with van der Waals surface area (Å²) < 4.78 is 6.91. The maximum absolute atomic E-state index is 12.2. The summed E-state index contributed by atoms with van der Waals surface area (Å²) in [6.07, 6.45) is 7.00. The van der Waals surface area contributed by atoms with Crippen molar-refractivity contribution in [1.29, 1.82) is 0 Å². The fourth-order valence-corrected chi connectivity index (χ4v) is 6.82. The van der Waals surface area contributed by atoms with E-state index in [4.69, 9.17) is 4.74 Å². The number of aliphatic hydroxyl groups is 1. The molecule has 3 atom stereocenters. The van der Waals surface area contributed by atoms with E-state index < -0.39 is 11.2 Å². The van der Waals surface area contributed by atoms with Gasteiger partial charge in [-0.25, -0.2) is 0 Å². The van der Waals surface area contributed by atoms with Crippen molar-refractivity contribution < 1.29 is 14.6 Å². The largest absolute Gasteiger partial charge is 0.459 e. The van der Waals surface area contributed by atoms with Gasteiger partial charge in [-0.2, -0.15) is 12.6 Å². The summed E-state index contributed by atoms with van der Waals surface area (Å²) in [5, 5.41) is 11.0. The molecule has 1 N–H and O–H groups in total. The minimum atomic E-state index is -0.722. The summed E-state index contributed by atoms with van der Waals surface area (Å²) in [5.41, 5.74) is -1.37. The number of halogens is 1. The molecule has 2 saturated carbocycles. The lowest BCUT2D eigenvalue weighted by molar-refractivity contribution is -0.202. The molecule has 2 aliphatic rings. The van der Waals surface area contributed by atoms with Crippen molar-refractivity contribution in [3.63, 3.8) is 0 Å². The number of carbonyl (C=O) groups is 1. The van der Waals surface area contributed by atoms with Crippen molar-refractivity contribution >= 4 is 41.2 Å². The molecule has 0 aromatic carbocycles. The molecule has 3 nitrogen and oxygen atoms in total. The first-order valence-corrected chi connectivity index (χ1v) is 11.3. The van der Waals surface area contributed by atoms with E-state index >= 15 is 0 Å². The zero-order chi connectivity index (χ0) is 18.2. The average molecular weight is 468 g/mol. The number of hydrogen-bond donors (Lipinski definition) is 2. The Kier molecular flexibility index (Phi) is 6.30. The molecule has 2 fully saturated rings. The Morgan fingerprint density at radius 1 is 1.33 bits per heavy atom. The van der Waals surface area contributed by atoms with E-state index in [1.165, 1.54) is 12.8 Å². The maximum Gasteiger partial charge on any atom is 0.307 e. The standard InChI is InChI=1S/C19H33IO3S/c1-16(2,22)19(13-20)11-14-6-5-8-18(10-14,12-19)17(3,4)23-15(21)7-9-24/h14,22,24H,5-13H2,1-4H3. The molecule has 0 heterocycles. The predicted octanol–water partition coefficient (Wildman–Crippen LogP) is 4.79. The van der Waals surface area contributed by atoms with Crippen LogP contribution in [0.25, 0.3) is 0 Å². The van der Waals surface area contributed by atoms with Crippen molar-refractivity contribution in [2.24, 2.45) is 16.7 Å². The third kappa shape index (κ3) is 3.78. The maximum atomic E-state index is 12.2. The summed E-state index contributed by atoms with van der Waals surface area (Å²) in [6.45, 7) is 8.08. The van der Waals surface area contributed by atoms with Crippen molar-refractivity contribution in [3.8, 4) is 0 Å². The normalized spacial score (nSPS) is 34.0. The Balaban J connectivity index is 2.36. The van der Waals surface area contributed by atoms with Crippen LogP contribution >= 0.6 is 35.2 Å². The van der Waals surface area contributed by atoms with Gasteiger partial charge in [-0.15, -0.1) is 0 Å². The van der Waals surface area contributed by atoms with E-state index in [1.54, 1.807) is 0 Å². The number of esters is 1. The van der Waals surface area contributed by atoms with Gasteiger partial charge in [-0.05, 0) is 59.3 Å². The molecule has 3 unspecified atom stereocenters. The topological polar surface area (TPSA) is 46.5 Å². The van der Waals surface area contributed by atoms with Crippen LogP contribution in [-0.2, 0) is 9.53 Å². The van der Waals surface area contributed by atoms with Crippen LogP contribution in [0.1, 0.15) is 72.6 Å². The average Bonchev–Trinajstić information content (AvgIpc) is 2.45. The zero-order valence-corrected chi connectivity index (χ0v) is 18.6. The Labute approximate surface area is 166 Å². The van der Waals surface area contributed by atoms with E-state index in [0.29, 0.717) is 18.1 Å². The lowest BCUT2D eigenvalue weighted by atomic mass is 9.47. The first-order chi connectivity index (χ1) is 11.0. The molecule has 2 aliphatic carbocycles. The lowest BCUT2D eigenvalue weighted by Crippen LogP contribution is -2.60. The van der Waals surface area contributed by atoms with Crippen LogP contribution in [0.15, 0.2) is 0 Å². The van der Waals surface area contributed by atoms with Gasteiger partial charge in [0.1, 0.15) is 5.60 Å². The summed E-state index contributed by atoms with van der Waals surface area (Å²) in [4.78, 5) is 12.2. The van der Waals surface area contributed by atoms with Crippen LogP contribution in [0, 0.1) is 16.7 Å². The van der Waals surface area contributed by atoms with Crippen molar-refractivity contribution in [1.82, 2.24) is 0 Å². The Morgan fingerprint density at radius 3 is 2.54 bits per heavy atom. The van der Waals surface area contributed by atoms with Gasteiger partial charge in [0.2, 0.25) is 0 Å². The third-order valence-electron chi connectivity index (χ3n) is 6.82. The van der Waals surface area contributed by atoms with Gasteiger partial charge in [0.05, 0.1) is 12.0 Å². The molecule has 0 amide bonds. The molecule has 0 aromatic rings. The zero-order valence-electron chi connectivity index (χ0n) is 15.5. The molecular formula is C19H33IO3S. The van der Waals surface area contributed by atoms with E-state index in [1.807, 2.05) is 13.8 Å². The summed E-state index contributed by atoms with van der Waals surface area (Å²) in [6, 6.07) is 0. The van der Waals surface area contributed by atoms with Gasteiger partial charge in [0.15, 0.2) is 0 Å². The second kappa shape index (κ2) is 7.26. The predicted molar refractivity (Wildman–Crippen MR) is 110 cm³/mol. The first-order valence-electron chi connectivity index (χ1n) is 9.12. The van der Waals surface area contributed by atoms with Crippen LogP contribution in [0.4, 0.5) is 0 Å². The van der Waals surface area contributed by atoms with Gasteiger partial charge >= 0.3 is 5.97 Å². The molecule has 0 radical (unpaired) electrons. The molecule has 0 spiro atoms. The highest BCUT2D eigenvalue weighted by atomic mass is 127. The van der Waals surface area contributed by atoms with E-state index in [0.717, 1.165) is 30.1 Å². The number of carbonyl (C=O) groups excluding carboxylic acids is 1. The molecule has 0 aliphatic heterocycles. The van der Waals surface area contributed by atoms with Gasteiger partial charge < -0.3 is 9.84 Å². The number of hydrogen-bond acceptors (Lipinski definition) is 4. The molecule has 0 aromatic heterocycles. The molecule has 5 heteroatoms. The number of fused-ring (bicyclic) bond motifs is 2. The van der Waals surface area contributed by atoms with Crippen molar-refractivity contribution in [2.45, 2.75) is 83.8 Å². The van der Waals surface area contributed by atoms with E-state index in [-0.39, 0.29) is 16.8 Å². The second-order valence-corrected chi connectivity index (χ2v) is 10.3. The highest BCUT2D eigenvalue weighted by Crippen LogP contribution is 2.63. The fourth-order valence-electron chi connectivity index (χ4n) is 5.12.